The van der Waals surface area contributed by atoms with Gasteiger partial charge < -0.3 is 9.84 Å². The molecule has 122 valence electrons. The van der Waals surface area contributed by atoms with E-state index in [1.807, 2.05) is 6.92 Å². The van der Waals surface area contributed by atoms with Crippen LogP contribution in [0.4, 0.5) is 0 Å². The number of carboxylic acids is 1. The van der Waals surface area contributed by atoms with Crippen LogP contribution in [0.15, 0.2) is 18.2 Å². The van der Waals surface area contributed by atoms with Gasteiger partial charge in [-0.2, -0.15) is 0 Å². The Bertz CT molecular complexity index is 531. The highest BCUT2D eigenvalue weighted by molar-refractivity contribution is 6.35. The summed E-state index contributed by atoms with van der Waals surface area (Å²) in [5.41, 5.74) is 0.611. The van der Waals surface area contributed by atoms with E-state index in [9.17, 15) is 14.7 Å². The van der Waals surface area contributed by atoms with Crippen molar-refractivity contribution in [3.63, 3.8) is 0 Å². The molecule has 0 heterocycles. The van der Waals surface area contributed by atoms with E-state index in [4.69, 9.17) is 27.9 Å². The summed E-state index contributed by atoms with van der Waals surface area (Å²) in [5.74, 6) is -3.75. The van der Waals surface area contributed by atoms with Crippen molar-refractivity contribution in [3.05, 3.63) is 33.8 Å². The van der Waals surface area contributed by atoms with Crippen LogP contribution in [0.5, 0.6) is 0 Å². The molecule has 1 aromatic rings. The zero-order valence-electron chi connectivity index (χ0n) is 12.6. The van der Waals surface area contributed by atoms with E-state index < -0.39 is 23.8 Å². The second-order valence-corrected chi connectivity index (χ2v) is 5.83. The van der Waals surface area contributed by atoms with Crippen molar-refractivity contribution in [3.8, 4) is 0 Å². The molecular weight excluding hydrogens is 327 g/mol. The number of carbonyl (C=O) groups is 2. The predicted molar refractivity (Wildman–Crippen MR) is 86.5 cm³/mol. The molecule has 0 fully saturated rings. The van der Waals surface area contributed by atoms with Crippen LogP contribution >= 0.6 is 23.2 Å². The van der Waals surface area contributed by atoms with Gasteiger partial charge >= 0.3 is 11.9 Å². The summed E-state index contributed by atoms with van der Waals surface area (Å²) in [6.07, 6.45) is 2.21. The van der Waals surface area contributed by atoms with Crippen molar-refractivity contribution in [2.24, 2.45) is 5.92 Å². The lowest BCUT2D eigenvalue weighted by atomic mass is 9.82. The van der Waals surface area contributed by atoms with Crippen LogP contribution in [0.3, 0.4) is 0 Å². The molecule has 0 spiro atoms. The van der Waals surface area contributed by atoms with Crippen molar-refractivity contribution in [2.45, 2.75) is 39.0 Å². The zero-order valence-corrected chi connectivity index (χ0v) is 14.2. The lowest BCUT2D eigenvalue weighted by Crippen LogP contribution is -2.32. The summed E-state index contributed by atoms with van der Waals surface area (Å²) < 4.78 is 4.92. The van der Waals surface area contributed by atoms with E-state index in [1.165, 1.54) is 0 Å². The molecule has 0 amide bonds. The van der Waals surface area contributed by atoms with E-state index in [0.29, 0.717) is 22.0 Å². The molecule has 2 unspecified atom stereocenters. The Morgan fingerprint density at radius 1 is 1.27 bits per heavy atom. The van der Waals surface area contributed by atoms with Gasteiger partial charge in [-0.25, -0.2) is 0 Å². The molecule has 1 aromatic carbocycles. The van der Waals surface area contributed by atoms with Gasteiger partial charge in [0.2, 0.25) is 0 Å². The first-order valence-corrected chi connectivity index (χ1v) is 8.02. The molecular formula is C16H20Cl2O4. The minimum atomic E-state index is -1.27. The van der Waals surface area contributed by atoms with Gasteiger partial charge in [-0.05, 0) is 31.0 Å². The molecule has 22 heavy (non-hydrogen) atoms. The number of ether oxygens (including phenoxy) is 1. The average molecular weight is 347 g/mol. The van der Waals surface area contributed by atoms with Gasteiger partial charge in [0.25, 0.3) is 0 Å². The fourth-order valence-corrected chi connectivity index (χ4v) is 2.95. The number of carboxylic acid groups (broad SMARTS) is 1. The van der Waals surface area contributed by atoms with Crippen molar-refractivity contribution in [2.75, 3.05) is 6.61 Å². The van der Waals surface area contributed by atoms with Crippen molar-refractivity contribution < 1.29 is 19.4 Å². The number of benzene rings is 1. The number of rotatable bonds is 8. The molecule has 0 bridgehead atoms. The lowest BCUT2D eigenvalue weighted by Gasteiger charge is -2.24. The first kappa shape index (κ1) is 18.8. The second-order valence-electron chi connectivity index (χ2n) is 4.98. The maximum atomic E-state index is 12.1. The van der Waals surface area contributed by atoms with Gasteiger partial charge in [-0.1, -0.05) is 49.0 Å². The quantitative estimate of drug-likeness (QED) is 0.554. The number of unbranched alkanes of at least 4 members (excludes halogenated alkanes) is 1. The van der Waals surface area contributed by atoms with Crippen LogP contribution < -0.4 is 0 Å². The first-order chi connectivity index (χ1) is 10.4. The third kappa shape index (κ3) is 4.89. The van der Waals surface area contributed by atoms with Gasteiger partial charge in [-0.15, -0.1) is 0 Å². The standard InChI is InChI=1S/C16H20Cl2O4/c1-3-5-6-12(11-8-7-10(17)9-13(11)18)14(15(19)20)16(21)22-4-2/h7-9,12,14H,3-6H2,1-2H3,(H,19,20). The summed E-state index contributed by atoms with van der Waals surface area (Å²) >= 11 is 12.1. The van der Waals surface area contributed by atoms with Gasteiger partial charge in [0, 0.05) is 16.0 Å². The zero-order chi connectivity index (χ0) is 16.7. The average Bonchev–Trinajstić information content (AvgIpc) is 2.43. The summed E-state index contributed by atoms with van der Waals surface area (Å²) in [5, 5.41) is 10.3. The van der Waals surface area contributed by atoms with Gasteiger partial charge in [0.1, 0.15) is 0 Å². The third-order valence-corrected chi connectivity index (χ3v) is 4.00. The van der Waals surface area contributed by atoms with E-state index in [0.717, 1.165) is 12.8 Å². The topological polar surface area (TPSA) is 63.6 Å². The molecule has 0 radical (unpaired) electrons. The highest BCUT2D eigenvalue weighted by atomic mass is 35.5. The summed E-state index contributed by atoms with van der Waals surface area (Å²) in [7, 11) is 0. The van der Waals surface area contributed by atoms with Gasteiger partial charge in [-0.3, -0.25) is 9.59 Å². The molecule has 4 nitrogen and oxygen atoms in total. The Labute approximate surface area is 140 Å². The van der Waals surface area contributed by atoms with Crippen LogP contribution in [0.1, 0.15) is 44.6 Å². The summed E-state index contributed by atoms with van der Waals surface area (Å²) in [6, 6.07) is 4.88. The fourth-order valence-electron chi connectivity index (χ4n) is 2.40. The summed E-state index contributed by atoms with van der Waals surface area (Å²) in [6.45, 7) is 3.78. The van der Waals surface area contributed by atoms with Crippen LogP contribution in [0, 0.1) is 5.92 Å². The Balaban J connectivity index is 3.23. The number of aliphatic carboxylic acids is 1. The highest BCUT2D eigenvalue weighted by Crippen LogP contribution is 2.36. The Morgan fingerprint density at radius 2 is 1.95 bits per heavy atom. The first-order valence-electron chi connectivity index (χ1n) is 7.26. The van der Waals surface area contributed by atoms with E-state index in [2.05, 4.69) is 0 Å². The van der Waals surface area contributed by atoms with Gasteiger partial charge in [0.05, 0.1) is 6.61 Å². The molecule has 1 N–H and O–H groups in total. The van der Waals surface area contributed by atoms with Gasteiger partial charge in [0.15, 0.2) is 5.92 Å². The predicted octanol–water partition coefficient (Wildman–Crippen LogP) is 4.53. The molecule has 0 aromatic heterocycles. The van der Waals surface area contributed by atoms with Crippen LogP contribution in [0.25, 0.3) is 0 Å². The Hall–Kier alpha value is -1.26. The molecule has 0 saturated heterocycles. The fraction of sp³-hybridized carbons (Fsp3) is 0.500. The lowest BCUT2D eigenvalue weighted by molar-refractivity contribution is -0.159. The van der Waals surface area contributed by atoms with E-state index in [1.54, 1.807) is 25.1 Å². The third-order valence-electron chi connectivity index (χ3n) is 3.44. The monoisotopic (exact) mass is 346 g/mol. The molecule has 0 aliphatic carbocycles. The molecule has 2 atom stereocenters. The Morgan fingerprint density at radius 3 is 2.45 bits per heavy atom. The maximum absolute atomic E-state index is 12.1. The molecule has 6 heteroatoms. The minimum Gasteiger partial charge on any atom is -0.481 e. The van der Waals surface area contributed by atoms with Crippen molar-refractivity contribution >= 4 is 35.1 Å². The number of carbonyl (C=O) groups excluding carboxylic acids is 1. The van der Waals surface area contributed by atoms with Crippen molar-refractivity contribution in [1.29, 1.82) is 0 Å². The van der Waals surface area contributed by atoms with E-state index >= 15 is 0 Å². The maximum Gasteiger partial charge on any atom is 0.320 e. The van der Waals surface area contributed by atoms with Crippen molar-refractivity contribution in [1.82, 2.24) is 0 Å². The normalized spacial score (nSPS) is 13.5. The summed E-state index contributed by atoms with van der Waals surface area (Å²) in [4.78, 5) is 23.7. The number of hydrogen-bond acceptors (Lipinski definition) is 3. The number of esters is 1. The molecule has 0 aliphatic rings. The highest BCUT2D eigenvalue weighted by Gasteiger charge is 2.37. The Kier molecular flexibility index (Phi) is 7.69. The SMILES string of the molecule is CCCCC(c1ccc(Cl)cc1Cl)C(C(=O)O)C(=O)OCC. The van der Waals surface area contributed by atoms with E-state index in [-0.39, 0.29) is 6.61 Å². The van der Waals surface area contributed by atoms with Crippen LogP contribution in [0.2, 0.25) is 10.0 Å². The van der Waals surface area contributed by atoms with Crippen LogP contribution in [-0.2, 0) is 14.3 Å². The largest absolute Gasteiger partial charge is 0.481 e. The van der Waals surface area contributed by atoms with Crippen LogP contribution in [-0.4, -0.2) is 23.7 Å². The second kappa shape index (κ2) is 9.01. The number of halogens is 2. The molecule has 1 rings (SSSR count). The molecule has 0 aliphatic heterocycles. The molecule has 0 saturated carbocycles. The minimum absolute atomic E-state index is 0.136. The smallest absolute Gasteiger partial charge is 0.320 e. The number of hydrogen-bond donors (Lipinski definition) is 1.